The molecule has 0 spiro atoms. The van der Waals surface area contributed by atoms with E-state index in [0.29, 0.717) is 17.8 Å². The molecule has 14 heavy (non-hydrogen) atoms. The van der Waals surface area contributed by atoms with Gasteiger partial charge in [0.05, 0.1) is 17.1 Å². The van der Waals surface area contributed by atoms with E-state index < -0.39 is 10.0 Å². The molecule has 0 unspecified atom stereocenters. The molecule has 0 bridgehead atoms. The first kappa shape index (κ1) is 11.0. The second-order valence-electron chi connectivity index (χ2n) is 3.22. The van der Waals surface area contributed by atoms with Gasteiger partial charge in [-0.2, -0.15) is 5.10 Å². The van der Waals surface area contributed by atoms with Crippen LogP contribution in [0.15, 0.2) is 6.20 Å². The summed E-state index contributed by atoms with van der Waals surface area (Å²) in [6.45, 7) is 3.60. The normalized spacial score (nSPS) is 11.6. The van der Waals surface area contributed by atoms with Crippen LogP contribution in [0.4, 0.5) is 5.69 Å². The van der Waals surface area contributed by atoms with Gasteiger partial charge in [0.25, 0.3) is 0 Å². The number of aromatic nitrogens is 2. The molecule has 1 rings (SSSR count). The van der Waals surface area contributed by atoms with E-state index in [2.05, 4.69) is 9.82 Å². The number of sulfonamides is 1. The van der Waals surface area contributed by atoms with Crippen LogP contribution in [0.5, 0.6) is 0 Å². The van der Waals surface area contributed by atoms with Gasteiger partial charge >= 0.3 is 0 Å². The minimum Gasteiger partial charge on any atom is -0.280 e. The molecule has 0 amide bonds. The predicted molar refractivity (Wildman–Crippen MR) is 55.6 cm³/mol. The highest BCUT2D eigenvalue weighted by Crippen LogP contribution is 2.13. The van der Waals surface area contributed by atoms with Crippen LogP contribution in [-0.4, -0.2) is 24.0 Å². The number of rotatable bonds is 4. The van der Waals surface area contributed by atoms with Gasteiger partial charge < -0.3 is 0 Å². The number of nitrogens with zero attached hydrogens (tertiary/aromatic N) is 2. The quantitative estimate of drug-likeness (QED) is 0.814. The third-order valence-corrected chi connectivity index (χ3v) is 3.23. The van der Waals surface area contributed by atoms with Crippen molar-refractivity contribution >= 4 is 15.7 Å². The van der Waals surface area contributed by atoms with Gasteiger partial charge in [-0.05, 0) is 13.3 Å². The van der Waals surface area contributed by atoms with Gasteiger partial charge in [-0.25, -0.2) is 8.42 Å². The Bertz CT molecular complexity index is 408. The van der Waals surface area contributed by atoms with E-state index in [1.165, 1.54) is 0 Å². The van der Waals surface area contributed by atoms with Crippen LogP contribution in [0.2, 0.25) is 0 Å². The fraction of sp³-hybridized carbons (Fsp3) is 0.625. The molecule has 1 aromatic heterocycles. The van der Waals surface area contributed by atoms with Crippen LogP contribution in [0.1, 0.15) is 19.0 Å². The highest BCUT2D eigenvalue weighted by molar-refractivity contribution is 7.92. The Kier molecular flexibility index (Phi) is 3.15. The monoisotopic (exact) mass is 217 g/mol. The number of hydrogen-bond donors (Lipinski definition) is 1. The molecular weight excluding hydrogens is 202 g/mol. The molecule has 0 fully saturated rings. The molecule has 0 atom stereocenters. The highest BCUT2D eigenvalue weighted by Gasteiger charge is 2.11. The molecule has 1 aromatic rings. The minimum absolute atomic E-state index is 0.140. The van der Waals surface area contributed by atoms with Crippen molar-refractivity contribution in [3.8, 4) is 0 Å². The number of anilines is 1. The molecule has 80 valence electrons. The smallest absolute Gasteiger partial charge is 0.232 e. The summed E-state index contributed by atoms with van der Waals surface area (Å²) in [5.74, 6) is 0.140. The summed E-state index contributed by atoms with van der Waals surface area (Å²) in [7, 11) is -1.44. The third kappa shape index (κ3) is 2.73. The number of hydrogen-bond acceptors (Lipinski definition) is 3. The molecule has 6 heteroatoms. The van der Waals surface area contributed by atoms with Gasteiger partial charge in [0, 0.05) is 13.2 Å². The van der Waals surface area contributed by atoms with Crippen molar-refractivity contribution in [2.75, 3.05) is 10.5 Å². The van der Waals surface area contributed by atoms with E-state index in [-0.39, 0.29) is 5.75 Å². The Morgan fingerprint density at radius 1 is 1.57 bits per heavy atom. The van der Waals surface area contributed by atoms with Crippen LogP contribution in [-0.2, 0) is 17.1 Å². The Morgan fingerprint density at radius 3 is 2.64 bits per heavy atom. The number of aryl methyl sites for hydroxylation is 2. The summed E-state index contributed by atoms with van der Waals surface area (Å²) in [5, 5.41) is 4.05. The first-order valence-corrected chi connectivity index (χ1v) is 6.10. The Morgan fingerprint density at radius 2 is 2.21 bits per heavy atom. The lowest BCUT2D eigenvalue weighted by Gasteiger charge is -2.04. The summed E-state index contributed by atoms with van der Waals surface area (Å²) in [6.07, 6.45) is 2.26. The Balaban J connectivity index is 2.83. The highest BCUT2D eigenvalue weighted by atomic mass is 32.2. The maximum Gasteiger partial charge on any atom is 0.232 e. The number of nitrogens with one attached hydrogen (secondary N) is 1. The molecule has 0 aliphatic heterocycles. The summed E-state index contributed by atoms with van der Waals surface area (Å²) < 4.78 is 26.9. The second-order valence-corrected chi connectivity index (χ2v) is 5.06. The lowest BCUT2D eigenvalue weighted by atomic mass is 10.4. The van der Waals surface area contributed by atoms with E-state index in [0.717, 1.165) is 0 Å². The van der Waals surface area contributed by atoms with E-state index in [1.807, 2.05) is 6.92 Å². The first-order valence-electron chi connectivity index (χ1n) is 4.45. The average molecular weight is 217 g/mol. The predicted octanol–water partition coefficient (Wildman–Crippen LogP) is 0.880. The largest absolute Gasteiger partial charge is 0.280 e. The molecule has 5 nitrogen and oxygen atoms in total. The fourth-order valence-electron chi connectivity index (χ4n) is 1.19. The molecule has 0 saturated heterocycles. The molecule has 1 heterocycles. The molecular formula is C8H15N3O2S. The summed E-state index contributed by atoms with van der Waals surface area (Å²) in [6, 6.07) is 0. The van der Waals surface area contributed by atoms with Crippen LogP contribution < -0.4 is 4.72 Å². The van der Waals surface area contributed by atoms with Crippen molar-refractivity contribution in [2.24, 2.45) is 7.05 Å². The molecule has 0 aromatic carbocycles. The maximum absolute atomic E-state index is 11.4. The van der Waals surface area contributed by atoms with E-state index in [1.54, 1.807) is 24.9 Å². The van der Waals surface area contributed by atoms with Crippen molar-refractivity contribution in [3.63, 3.8) is 0 Å². The summed E-state index contributed by atoms with van der Waals surface area (Å²) in [4.78, 5) is 0. The molecule has 0 radical (unpaired) electrons. The maximum atomic E-state index is 11.4. The fourth-order valence-corrected chi connectivity index (χ4v) is 2.36. The third-order valence-electron chi connectivity index (χ3n) is 1.75. The van der Waals surface area contributed by atoms with Crippen molar-refractivity contribution in [3.05, 3.63) is 11.9 Å². The Hall–Kier alpha value is -1.04. The van der Waals surface area contributed by atoms with Gasteiger partial charge in [0.1, 0.15) is 0 Å². The molecule has 0 aliphatic rings. The molecule has 0 saturated carbocycles. The van der Waals surface area contributed by atoms with E-state index in [9.17, 15) is 8.42 Å². The van der Waals surface area contributed by atoms with Crippen LogP contribution >= 0.6 is 0 Å². The second kappa shape index (κ2) is 4.00. The van der Waals surface area contributed by atoms with Crippen LogP contribution in [0.3, 0.4) is 0 Å². The van der Waals surface area contributed by atoms with Crippen molar-refractivity contribution in [1.29, 1.82) is 0 Å². The zero-order chi connectivity index (χ0) is 10.8. The van der Waals surface area contributed by atoms with Crippen molar-refractivity contribution < 1.29 is 8.42 Å². The lowest BCUT2D eigenvalue weighted by molar-refractivity contribution is 0.600. The van der Waals surface area contributed by atoms with Crippen molar-refractivity contribution in [2.45, 2.75) is 20.3 Å². The summed E-state index contributed by atoms with van der Waals surface area (Å²) in [5.41, 5.74) is 1.24. The first-order chi connectivity index (χ1) is 6.44. The average Bonchev–Trinajstić information content (AvgIpc) is 2.28. The van der Waals surface area contributed by atoms with Crippen molar-refractivity contribution in [1.82, 2.24) is 9.78 Å². The van der Waals surface area contributed by atoms with Gasteiger partial charge in [-0.3, -0.25) is 9.40 Å². The standard InChI is InChI=1S/C8H15N3O2S/c1-4-5-14(12,13)10-8-6-11(3)9-7(8)2/h6,10H,4-5H2,1-3H3. The van der Waals surface area contributed by atoms with Gasteiger partial charge in [0.15, 0.2) is 0 Å². The zero-order valence-corrected chi connectivity index (χ0v) is 9.43. The molecule has 0 aliphatic carbocycles. The SMILES string of the molecule is CCCS(=O)(=O)Nc1cn(C)nc1C. The van der Waals surface area contributed by atoms with E-state index in [4.69, 9.17) is 0 Å². The molecule has 1 N–H and O–H groups in total. The lowest BCUT2D eigenvalue weighted by Crippen LogP contribution is -2.16. The van der Waals surface area contributed by atoms with Crippen LogP contribution in [0.25, 0.3) is 0 Å². The van der Waals surface area contributed by atoms with Crippen LogP contribution in [0, 0.1) is 6.92 Å². The van der Waals surface area contributed by atoms with Gasteiger partial charge in [-0.1, -0.05) is 6.92 Å². The topological polar surface area (TPSA) is 64.0 Å². The Labute approximate surface area is 84.2 Å². The minimum atomic E-state index is -3.20. The summed E-state index contributed by atoms with van der Waals surface area (Å²) >= 11 is 0. The van der Waals surface area contributed by atoms with Gasteiger partial charge in [0.2, 0.25) is 10.0 Å². The van der Waals surface area contributed by atoms with Gasteiger partial charge in [-0.15, -0.1) is 0 Å². The zero-order valence-electron chi connectivity index (χ0n) is 8.61. The van der Waals surface area contributed by atoms with E-state index >= 15 is 0 Å².